The van der Waals surface area contributed by atoms with Crippen molar-refractivity contribution in [1.82, 2.24) is 15.2 Å². The number of likely N-dealkylation sites (N-methyl/N-ethyl adjacent to an activating group) is 2. The Labute approximate surface area is 183 Å². The lowest BCUT2D eigenvalue weighted by molar-refractivity contribution is -0.134. The molecule has 0 saturated carbocycles. The lowest BCUT2D eigenvalue weighted by Gasteiger charge is -2.26. The number of benzene rings is 2. The molecule has 0 fully saturated rings. The second-order valence-electron chi connectivity index (χ2n) is 7.40. The lowest BCUT2D eigenvalue weighted by Crippen LogP contribution is -2.43. The van der Waals surface area contributed by atoms with Crippen molar-refractivity contribution < 1.29 is 14.3 Å². The number of amides is 2. The highest BCUT2D eigenvalue weighted by Crippen LogP contribution is 2.33. The summed E-state index contributed by atoms with van der Waals surface area (Å²) in [5.41, 5.74) is 2.88. The van der Waals surface area contributed by atoms with Gasteiger partial charge in [-0.25, -0.2) is 5.01 Å². The maximum absolute atomic E-state index is 13.3. The molecule has 0 radical (unpaired) electrons. The quantitative estimate of drug-likeness (QED) is 0.674. The minimum atomic E-state index is -0.197. The van der Waals surface area contributed by atoms with E-state index in [0.717, 1.165) is 22.6 Å². The van der Waals surface area contributed by atoms with Gasteiger partial charge in [-0.1, -0.05) is 49.4 Å². The SMILES string of the molecule is CCNC(=O)CN(CC)CC(=O)N1N=C(c2ccccc2)C[C@@H]1c1ccc(OC)cc1. The maximum atomic E-state index is 13.3. The summed E-state index contributed by atoms with van der Waals surface area (Å²) in [5, 5.41) is 9.06. The van der Waals surface area contributed by atoms with Crippen molar-refractivity contribution >= 4 is 17.5 Å². The van der Waals surface area contributed by atoms with E-state index in [-0.39, 0.29) is 30.9 Å². The van der Waals surface area contributed by atoms with Gasteiger partial charge in [0.15, 0.2) is 0 Å². The zero-order chi connectivity index (χ0) is 22.2. The molecular weight excluding hydrogens is 392 g/mol. The molecule has 2 amide bonds. The molecule has 1 aliphatic heterocycles. The Morgan fingerprint density at radius 3 is 2.42 bits per heavy atom. The topological polar surface area (TPSA) is 74.2 Å². The van der Waals surface area contributed by atoms with Gasteiger partial charge in [0, 0.05) is 13.0 Å². The van der Waals surface area contributed by atoms with Crippen LogP contribution in [-0.4, -0.2) is 60.7 Å². The van der Waals surface area contributed by atoms with E-state index in [2.05, 4.69) is 5.32 Å². The summed E-state index contributed by atoms with van der Waals surface area (Å²) in [5.74, 6) is 0.555. The molecule has 7 nitrogen and oxygen atoms in total. The molecule has 2 aromatic carbocycles. The lowest BCUT2D eigenvalue weighted by atomic mass is 9.98. The fraction of sp³-hybridized carbons (Fsp3) is 0.375. The average Bonchev–Trinajstić information content (AvgIpc) is 3.25. The molecule has 0 aliphatic carbocycles. The van der Waals surface area contributed by atoms with Gasteiger partial charge in [-0.05, 0) is 36.7 Å². The van der Waals surface area contributed by atoms with E-state index in [1.807, 2.05) is 73.3 Å². The van der Waals surface area contributed by atoms with Crippen LogP contribution in [-0.2, 0) is 9.59 Å². The number of nitrogens with one attached hydrogen (secondary N) is 1. The molecule has 1 aliphatic rings. The summed E-state index contributed by atoms with van der Waals surface area (Å²) in [6.07, 6.45) is 0.629. The molecule has 1 atom stereocenters. The Kier molecular flexibility index (Phi) is 7.78. The first-order valence-corrected chi connectivity index (χ1v) is 10.6. The number of nitrogens with zero attached hydrogens (tertiary/aromatic N) is 3. The van der Waals surface area contributed by atoms with Gasteiger partial charge in [0.2, 0.25) is 5.91 Å². The van der Waals surface area contributed by atoms with Gasteiger partial charge in [-0.2, -0.15) is 5.10 Å². The van der Waals surface area contributed by atoms with Crippen LogP contribution >= 0.6 is 0 Å². The monoisotopic (exact) mass is 422 g/mol. The summed E-state index contributed by atoms with van der Waals surface area (Å²) in [6.45, 7) is 5.30. The molecule has 164 valence electrons. The maximum Gasteiger partial charge on any atom is 0.257 e. The van der Waals surface area contributed by atoms with Gasteiger partial charge in [0.1, 0.15) is 5.75 Å². The summed E-state index contributed by atoms with van der Waals surface area (Å²) in [6, 6.07) is 17.4. The fourth-order valence-corrected chi connectivity index (χ4v) is 3.63. The van der Waals surface area contributed by atoms with E-state index in [4.69, 9.17) is 9.84 Å². The molecule has 0 spiro atoms. The van der Waals surface area contributed by atoms with Crippen LogP contribution in [0.3, 0.4) is 0 Å². The number of ether oxygens (including phenoxy) is 1. The Morgan fingerprint density at radius 1 is 1.10 bits per heavy atom. The minimum Gasteiger partial charge on any atom is -0.497 e. The number of rotatable bonds is 9. The molecule has 3 rings (SSSR count). The highest BCUT2D eigenvalue weighted by molar-refractivity contribution is 6.03. The van der Waals surface area contributed by atoms with Gasteiger partial charge in [-0.3, -0.25) is 14.5 Å². The smallest absolute Gasteiger partial charge is 0.257 e. The standard InChI is InChI=1S/C24H30N4O3/c1-4-25-23(29)16-27(5-2)17-24(30)28-22(19-11-13-20(31-3)14-12-19)15-21(26-28)18-9-7-6-8-10-18/h6-14,22H,4-5,15-17H2,1-3H3,(H,25,29)/t22-/m1/s1. The van der Waals surface area contributed by atoms with Crippen molar-refractivity contribution in [2.75, 3.05) is 33.3 Å². The van der Waals surface area contributed by atoms with Crippen LogP contribution in [0.5, 0.6) is 5.75 Å². The molecule has 0 aromatic heterocycles. The highest BCUT2D eigenvalue weighted by atomic mass is 16.5. The normalized spacial score (nSPS) is 15.7. The number of carbonyl (C=O) groups excluding carboxylic acids is 2. The Bertz CT molecular complexity index is 912. The number of hydrogen-bond donors (Lipinski definition) is 1. The van der Waals surface area contributed by atoms with Crippen molar-refractivity contribution in [1.29, 1.82) is 0 Å². The van der Waals surface area contributed by atoms with E-state index in [1.54, 1.807) is 12.1 Å². The average molecular weight is 423 g/mol. The molecule has 0 bridgehead atoms. The van der Waals surface area contributed by atoms with Gasteiger partial charge >= 0.3 is 0 Å². The second kappa shape index (κ2) is 10.7. The van der Waals surface area contributed by atoms with Crippen molar-refractivity contribution in [3.8, 4) is 5.75 Å². The molecule has 1 N–H and O–H groups in total. The van der Waals surface area contributed by atoms with Gasteiger partial charge in [-0.15, -0.1) is 0 Å². The van der Waals surface area contributed by atoms with Crippen LogP contribution in [0.1, 0.15) is 37.4 Å². The van der Waals surface area contributed by atoms with E-state index < -0.39 is 0 Å². The van der Waals surface area contributed by atoms with E-state index in [9.17, 15) is 9.59 Å². The van der Waals surface area contributed by atoms with Crippen molar-refractivity contribution in [2.45, 2.75) is 26.3 Å². The zero-order valence-electron chi connectivity index (χ0n) is 18.4. The highest BCUT2D eigenvalue weighted by Gasteiger charge is 2.33. The van der Waals surface area contributed by atoms with Crippen LogP contribution in [0.2, 0.25) is 0 Å². The first kappa shape index (κ1) is 22.5. The van der Waals surface area contributed by atoms with Gasteiger partial charge in [0.05, 0.1) is 32.0 Å². The van der Waals surface area contributed by atoms with E-state index >= 15 is 0 Å². The predicted molar refractivity (Wildman–Crippen MR) is 121 cm³/mol. The third-order valence-electron chi connectivity index (χ3n) is 5.32. The van der Waals surface area contributed by atoms with Crippen molar-refractivity contribution in [3.63, 3.8) is 0 Å². The predicted octanol–water partition coefficient (Wildman–Crippen LogP) is 2.83. The third-order valence-corrected chi connectivity index (χ3v) is 5.32. The van der Waals surface area contributed by atoms with Crippen LogP contribution in [0.4, 0.5) is 0 Å². The molecule has 0 unspecified atom stereocenters. The summed E-state index contributed by atoms with van der Waals surface area (Å²) >= 11 is 0. The second-order valence-corrected chi connectivity index (χ2v) is 7.40. The van der Waals surface area contributed by atoms with Crippen LogP contribution in [0, 0.1) is 0 Å². The Morgan fingerprint density at radius 2 is 1.81 bits per heavy atom. The largest absolute Gasteiger partial charge is 0.497 e. The third kappa shape index (κ3) is 5.70. The van der Waals surface area contributed by atoms with Crippen LogP contribution < -0.4 is 10.1 Å². The van der Waals surface area contributed by atoms with Crippen molar-refractivity contribution in [3.05, 3.63) is 65.7 Å². The van der Waals surface area contributed by atoms with E-state index in [1.165, 1.54) is 0 Å². The molecule has 0 saturated heterocycles. The summed E-state index contributed by atoms with van der Waals surface area (Å²) in [4.78, 5) is 27.1. The molecule has 1 heterocycles. The number of hydrazone groups is 1. The van der Waals surface area contributed by atoms with Gasteiger partial charge < -0.3 is 10.1 Å². The molecule has 2 aromatic rings. The van der Waals surface area contributed by atoms with Crippen LogP contribution in [0.25, 0.3) is 0 Å². The Hall–Kier alpha value is -3.19. The number of methoxy groups -OCH3 is 1. The number of hydrogen-bond acceptors (Lipinski definition) is 5. The first-order valence-electron chi connectivity index (χ1n) is 10.6. The van der Waals surface area contributed by atoms with Crippen molar-refractivity contribution in [2.24, 2.45) is 5.10 Å². The van der Waals surface area contributed by atoms with E-state index in [0.29, 0.717) is 19.5 Å². The fourth-order valence-electron chi connectivity index (χ4n) is 3.63. The zero-order valence-corrected chi connectivity index (χ0v) is 18.4. The number of carbonyl (C=O) groups is 2. The van der Waals surface area contributed by atoms with Gasteiger partial charge in [0.25, 0.3) is 5.91 Å². The minimum absolute atomic E-state index is 0.0845. The molecule has 7 heteroatoms. The van der Waals surface area contributed by atoms with Crippen LogP contribution in [0.15, 0.2) is 59.7 Å². The molecule has 31 heavy (non-hydrogen) atoms. The molecular formula is C24H30N4O3. The summed E-state index contributed by atoms with van der Waals surface area (Å²) in [7, 11) is 1.63. The Balaban J connectivity index is 1.83. The first-order chi connectivity index (χ1) is 15.0. The summed E-state index contributed by atoms with van der Waals surface area (Å²) < 4.78 is 5.27.